The second-order valence-electron chi connectivity index (χ2n) is 6.19. The quantitative estimate of drug-likeness (QED) is 0.474. The van der Waals surface area contributed by atoms with Crippen molar-refractivity contribution in [3.8, 4) is 16.9 Å². The van der Waals surface area contributed by atoms with Crippen LogP contribution in [0.3, 0.4) is 0 Å². The van der Waals surface area contributed by atoms with Crippen LogP contribution in [0.2, 0.25) is 5.02 Å². The van der Waals surface area contributed by atoms with Crippen LogP contribution in [0.5, 0.6) is 0 Å². The summed E-state index contributed by atoms with van der Waals surface area (Å²) in [6.07, 6.45) is 3.40. The van der Waals surface area contributed by atoms with Gasteiger partial charge in [-0.3, -0.25) is 4.98 Å². The van der Waals surface area contributed by atoms with Gasteiger partial charge in [0, 0.05) is 23.0 Å². The lowest BCUT2D eigenvalue weighted by Gasteiger charge is -2.09. The summed E-state index contributed by atoms with van der Waals surface area (Å²) in [5, 5.41) is 5.92. The standard InChI is InChI=1S/C21H17ClN4O2/c1-3-28-21(27)17-11-18(14-5-4-10-23-12-14)24-20-19(17)13(2)25-26(20)16-8-6-15(22)7-9-16/h4-12H,3H2,1-2H3. The van der Waals surface area contributed by atoms with E-state index in [1.54, 1.807) is 42.2 Å². The molecule has 3 heterocycles. The summed E-state index contributed by atoms with van der Waals surface area (Å²) < 4.78 is 6.99. The largest absolute Gasteiger partial charge is 0.462 e. The van der Waals surface area contributed by atoms with E-state index in [0.29, 0.717) is 33.0 Å². The maximum atomic E-state index is 12.7. The molecule has 4 rings (SSSR count). The molecule has 0 unspecified atom stereocenters. The molecule has 6 nitrogen and oxygen atoms in total. The van der Waals surface area contributed by atoms with Crippen molar-refractivity contribution >= 4 is 28.6 Å². The van der Waals surface area contributed by atoms with Gasteiger partial charge in [0.05, 0.1) is 34.6 Å². The number of esters is 1. The van der Waals surface area contributed by atoms with Crippen LogP contribution in [-0.2, 0) is 4.74 Å². The Bertz CT molecular complexity index is 1150. The third kappa shape index (κ3) is 3.23. The number of hydrogen-bond acceptors (Lipinski definition) is 5. The number of aromatic nitrogens is 4. The Morgan fingerprint density at radius 1 is 1.21 bits per heavy atom. The molecule has 4 aromatic rings. The Labute approximate surface area is 166 Å². The summed E-state index contributed by atoms with van der Waals surface area (Å²) in [7, 11) is 0. The molecular formula is C21H17ClN4O2. The van der Waals surface area contributed by atoms with Crippen molar-refractivity contribution in [2.24, 2.45) is 0 Å². The summed E-state index contributed by atoms with van der Waals surface area (Å²) in [5.74, 6) is -0.404. The zero-order chi connectivity index (χ0) is 19.7. The van der Waals surface area contributed by atoms with E-state index in [1.807, 2.05) is 31.2 Å². The van der Waals surface area contributed by atoms with Crippen molar-refractivity contribution in [2.45, 2.75) is 13.8 Å². The van der Waals surface area contributed by atoms with Gasteiger partial charge in [-0.25, -0.2) is 14.5 Å². The molecule has 0 amide bonds. The first-order chi connectivity index (χ1) is 13.6. The predicted octanol–water partition coefficient (Wildman–Crippen LogP) is 4.62. The molecule has 3 aromatic heterocycles. The van der Waals surface area contributed by atoms with E-state index in [9.17, 15) is 4.79 Å². The SMILES string of the molecule is CCOC(=O)c1cc(-c2cccnc2)nc2c1c(C)nn2-c1ccc(Cl)cc1. The average molecular weight is 393 g/mol. The van der Waals surface area contributed by atoms with Crippen LogP contribution in [-0.4, -0.2) is 32.3 Å². The van der Waals surface area contributed by atoms with Gasteiger partial charge < -0.3 is 4.74 Å². The number of hydrogen-bond donors (Lipinski definition) is 0. The van der Waals surface area contributed by atoms with Gasteiger partial charge >= 0.3 is 5.97 Å². The average Bonchev–Trinajstić information content (AvgIpc) is 3.05. The van der Waals surface area contributed by atoms with Gasteiger partial charge in [0.1, 0.15) is 0 Å². The first kappa shape index (κ1) is 18.1. The van der Waals surface area contributed by atoms with Crippen molar-refractivity contribution in [1.82, 2.24) is 19.7 Å². The summed E-state index contributed by atoms with van der Waals surface area (Å²) in [5.41, 5.74) is 3.93. The zero-order valence-corrected chi connectivity index (χ0v) is 16.1. The Morgan fingerprint density at radius 3 is 2.68 bits per heavy atom. The van der Waals surface area contributed by atoms with E-state index >= 15 is 0 Å². The number of rotatable bonds is 4. The lowest BCUT2D eigenvalue weighted by molar-refractivity contribution is 0.0528. The molecule has 7 heteroatoms. The minimum atomic E-state index is -0.404. The molecule has 140 valence electrons. The third-order valence-corrected chi connectivity index (χ3v) is 4.59. The van der Waals surface area contributed by atoms with E-state index in [2.05, 4.69) is 10.1 Å². The highest BCUT2D eigenvalue weighted by Crippen LogP contribution is 2.29. The molecular weight excluding hydrogens is 376 g/mol. The predicted molar refractivity (Wildman–Crippen MR) is 108 cm³/mol. The Balaban J connectivity index is 2.01. The molecule has 0 aliphatic heterocycles. The molecule has 0 aliphatic rings. The summed E-state index contributed by atoms with van der Waals surface area (Å²) in [6.45, 7) is 3.92. The molecule has 0 saturated carbocycles. The number of benzene rings is 1. The topological polar surface area (TPSA) is 69.9 Å². The highest BCUT2D eigenvalue weighted by atomic mass is 35.5. The van der Waals surface area contributed by atoms with Crippen LogP contribution in [0.1, 0.15) is 23.0 Å². The minimum Gasteiger partial charge on any atom is -0.462 e. The molecule has 0 atom stereocenters. The van der Waals surface area contributed by atoms with E-state index < -0.39 is 5.97 Å². The fraction of sp³-hybridized carbons (Fsp3) is 0.143. The molecule has 28 heavy (non-hydrogen) atoms. The molecule has 0 radical (unpaired) electrons. The highest BCUT2D eigenvalue weighted by molar-refractivity contribution is 6.30. The Kier molecular flexibility index (Phi) is 4.79. The smallest absolute Gasteiger partial charge is 0.339 e. The van der Waals surface area contributed by atoms with E-state index in [-0.39, 0.29) is 6.61 Å². The summed E-state index contributed by atoms with van der Waals surface area (Å²) >= 11 is 6.02. The maximum Gasteiger partial charge on any atom is 0.339 e. The second kappa shape index (κ2) is 7.40. The fourth-order valence-corrected chi connectivity index (χ4v) is 3.21. The normalized spacial score (nSPS) is 11.0. The van der Waals surface area contributed by atoms with Crippen molar-refractivity contribution < 1.29 is 9.53 Å². The number of pyridine rings is 2. The molecule has 0 fully saturated rings. The number of fused-ring (bicyclic) bond motifs is 1. The van der Waals surface area contributed by atoms with E-state index in [4.69, 9.17) is 21.3 Å². The van der Waals surface area contributed by atoms with Crippen LogP contribution in [0, 0.1) is 6.92 Å². The second-order valence-corrected chi connectivity index (χ2v) is 6.63. The summed E-state index contributed by atoms with van der Waals surface area (Å²) in [6, 6.07) is 12.7. The molecule has 0 spiro atoms. The number of carbonyl (C=O) groups excluding carboxylic acids is 1. The molecule has 0 N–H and O–H groups in total. The maximum absolute atomic E-state index is 12.7. The first-order valence-electron chi connectivity index (χ1n) is 8.82. The van der Waals surface area contributed by atoms with Crippen molar-refractivity contribution in [2.75, 3.05) is 6.61 Å². The third-order valence-electron chi connectivity index (χ3n) is 4.34. The molecule has 0 bridgehead atoms. The minimum absolute atomic E-state index is 0.287. The van der Waals surface area contributed by atoms with Gasteiger partial charge in [-0.05, 0) is 56.3 Å². The lowest BCUT2D eigenvalue weighted by atomic mass is 10.1. The summed E-state index contributed by atoms with van der Waals surface area (Å²) in [4.78, 5) is 21.6. The van der Waals surface area contributed by atoms with Crippen molar-refractivity contribution in [1.29, 1.82) is 0 Å². The Morgan fingerprint density at radius 2 is 2.00 bits per heavy atom. The molecule has 0 saturated heterocycles. The van der Waals surface area contributed by atoms with Crippen LogP contribution in [0.4, 0.5) is 0 Å². The number of aryl methyl sites for hydroxylation is 1. The van der Waals surface area contributed by atoms with Crippen molar-refractivity contribution in [3.63, 3.8) is 0 Å². The van der Waals surface area contributed by atoms with Gasteiger partial charge in [-0.15, -0.1) is 0 Å². The van der Waals surface area contributed by atoms with Crippen LogP contribution in [0.25, 0.3) is 28.0 Å². The van der Waals surface area contributed by atoms with Crippen LogP contribution >= 0.6 is 11.6 Å². The Hall–Kier alpha value is -3.25. The highest BCUT2D eigenvalue weighted by Gasteiger charge is 2.21. The fourth-order valence-electron chi connectivity index (χ4n) is 3.08. The molecule has 0 aliphatic carbocycles. The number of ether oxygens (including phenoxy) is 1. The van der Waals surface area contributed by atoms with Gasteiger partial charge in [0.15, 0.2) is 5.65 Å². The first-order valence-corrected chi connectivity index (χ1v) is 9.20. The van der Waals surface area contributed by atoms with Crippen LogP contribution < -0.4 is 0 Å². The number of carbonyl (C=O) groups is 1. The van der Waals surface area contributed by atoms with Gasteiger partial charge in [0.25, 0.3) is 0 Å². The van der Waals surface area contributed by atoms with Gasteiger partial charge in [-0.2, -0.15) is 5.10 Å². The monoisotopic (exact) mass is 392 g/mol. The van der Waals surface area contributed by atoms with Gasteiger partial charge in [0.2, 0.25) is 0 Å². The van der Waals surface area contributed by atoms with Crippen molar-refractivity contribution in [3.05, 3.63) is 71.1 Å². The van der Waals surface area contributed by atoms with Gasteiger partial charge in [-0.1, -0.05) is 11.6 Å². The zero-order valence-electron chi connectivity index (χ0n) is 15.4. The number of halogens is 1. The van der Waals surface area contributed by atoms with E-state index in [1.165, 1.54) is 0 Å². The molecule has 1 aromatic carbocycles. The lowest BCUT2D eigenvalue weighted by Crippen LogP contribution is -2.07. The number of nitrogens with zero attached hydrogens (tertiary/aromatic N) is 4. The van der Waals surface area contributed by atoms with Crippen LogP contribution in [0.15, 0.2) is 54.9 Å². The van der Waals surface area contributed by atoms with E-state index in [0.717, 1.165) is 11.3 Å².